The Morgan fingerprint density at radius 1 is 1.00 bits per heavy atom. The summed E-state index contributed by atoms with van der Waals surface area (Å²) in [7, 11) is 0. The fourth-order valence-corrected chi connectivity index (χ4v) is 4.87. The summed E-state index contributed by atoms with van der Waals surface area (Å²) in [6.45, 7) is 5.22. The van der Waals surface area contributed by atoms with Crippen molar-refractivity contribution in [2.75, 3.05) is 32.7 Å². The number of piperidine rings is 1. The van der Waals surface area contributed by atoms with Gasteiger partial charge in [-0.1, -0.05) is 41.9 Å². The molecular formula is C25H32AcClN2O-. The third-order valence-electron chi connectivity index (χ3n) is 6.57. The zero-order valence-electron chi connectivity index (χ0n) is 17.8. The second-order valence-electron chi connectivity index (χ2n) is 8.52. The molecular weight excluding hydrogens is 607 g/mol. The van der Waals surface area contributed by atoms with Gasteiger partial charge in [-0.2, -0.15) is 0 Å². The van der Waals surface area contributed by atoms with Gasteiger partial charge in [-0.25, -0.2) is 0 Å². The van der Waals surface area contributed by atoms with E-state index in [0.29, 0.717) is 5.92 Å². The Bertz CT molecular complexity index is 790. The number of aliphatic hydroxyl groups excluding tert-OH is 1. The maximum absolute atomic E-state index is 10.7. The topological polar surface area (TPSA) is 37.6 Å². The molecule has 2 heterocycles. The van der Waals surface area contributed by atoms with Gasteiger partial charge in [0, 0.05) is 49.1 Å². The first-order valence-corrected chi connectivity index (χ1v) is 11.5. The van der Waals surface area contributed by atoms with Crippen molar-refractivity contribution in [2.24, 2.45) is 0 Å². The third kappa shape index (κ3) is 6.77. The number of fused-ring (bicyclic) bond motifs is 1. The molecule has 2 aromatic rings. The van der Waals surface area contributed by atoms with Gasteiger partial charge in [0.25, 0.3) is 0 Å². The summed E-state index contributed by atoms with van der Waals surface area (Å²) in [5.74, 6) is 0.653. The van der Waals surface area contributed by atoms with Crippen molar-refractivity contribution >= 4 is 11.6 Å². The molecule has 0 amide bonds. The summed E-state index contributed by atoms with van der Waals surface area (Å²) < 4.78 is 0. The molecule has 1 N–H and O–H groups in total. The van der Waals surface area contributed by atoms with Crippen LogP contribution in [0.4, 0.5) is 0 Å². The summed E-state index contributed by atoms with van der Waals surface area (Å²) in [5, 5.41) is 16.0. The largest absolute Gasteiger partial charge is 0.662 e. The Morgan fingerprint density at radius 3 is 2.43 bits per heavy atom. The van der Waals surface area contributed by atoms with Gasteiger partial charge in [0.15, 0.2) is 0 Å². The van der Waals surface area contributed by atoms with Crippen LogP contribution in [-0.2, 0) is 12.8 Å². The maximum Gasteiger partial charge on any atom is 0.0790 e. The number of hydrogen-bond acceptors (Lipinski definition) is 2. The summed E-state index contributed by atoms with van der Waals surface area (Å²) in [4.78, 5) is 2.55. The van der Waals surface area contributed by atoms with E-state index in [0.717, 1.165) is 69.0 Å². The molecule has 5 heteroatoms. The predicted molar refractivity (Wildman–Crippen MR) is 121 cm³/mol. The molecule has 3 nitrogen and oxygen atoms in total. The third-order valence-corrected chi connectivity index (χ3v) is 6.83. The Hall–Kier alpha value is 0.0516. The average Bonchev–Trinajstić information content (AvgIpc) is 2.99. The Labute approximate surface area is 222 Å². The second-order valence-corrected chi connectivity index (χ2v) is 8.96. The van der Waals surface area contributed by atoms with Crippen LogP contribution < -0.4 is 0 Å². The van der Waals surface area contributed by atoms with Crippen LogP contribution in [0, 0.1) is 44.1 Å². The molecule has 30 heavy (non-hydrogen) atoms. The summed E-state index contributed by atoms with van der Waals surface area (Å²) in [6, 6.07) is 14.9. The van der Waals surface area contributed by atoms with Crippen LogP contribution in [0.3, 0.4) is 0 Å². The first-order chi connectivity index (χ1) is 14.2. The number of hydrogen-bond donors (Lipinski definition) is 1. The fraction of sp³-hybridized carbons (Fsp3) is 0.520. The monoisotopic (exact) mass is 638 g/mol. The number of benzene rings is 2. The van der Waals surface area contributed by atoms with E-state index in [-0.39, 0.29) is 50.2 Å². The van der Waals surface area contributed by atoms with E-state index in [1.807, 2.05) is 12.1 Å². The first kappa shape index (κ1) is 24.7. The van der Waals surface area contributed by atoms with Gasteiger partial charge in [0.2, 0.25) is 0 Å². The first-order valence-electron chi connectivity index (χ1n) is 11.1. The minimum atomic E-state index is -0.355. The quantitative estimate of drug-likeness (QED) is 0.454. The van der Waals surface area contributed by atoms with Crippen molar-refractivity contribution in [1.29, 1.82) is 0 Å². The van der Waals surface area contributed by atoms with Crippen molar-refractivity contribution in [2.45, 2.75) is 50.5 Å². The van der Waals surface area contributed by atoms with Gasteiger partial charge < -0.3 is 15.3 Å². The molecule has 0 aliphatic carbocycles. The molecule has 0 saturated carbocycles. The fourth-order valence-electron chi connectivity index (χ4n) is 4.74. The average molecular weight is 639 g/mol. The van der Waals surface area contributed by atoms with Gasteiger partial charge in [-0.05, 0) is 98.5 Å². The molecule has 0 bridgehead atoms. The van der Waals surface area contributed by atoms with Crippen molar-refractivity contribution in [1.82, 2.24) is 4.90 Å². The van der Waals surface area contributed by atoms with Gasteiger partial charge >= 0.3 is 0 Å². The molecule has 1 atom stereocenters. The molecule has 2 aromatic carbocycles. The summed E-state index contributed by atoms with van der Waals surface area (Å²) in [6.07, 6.45) is 5.99. The number of likely N-dealkylation sites (tertiary alicyclic amines) is 1. The Morgan fingerprint density at radius 2 is 1.70 bits per heavy atom. The minimum absolute atomic E-state index is 0. The molecule has 1 unspecified atom stereocenters. The van der Waals surface area contributed by atoms with Crippen LogP contribution >= 0.6 is 11.6 Å². The molecule has 2 aliphatic heterocycles. The van der Waals surface area contributed by atoms with Crippen molar-refractivity contribution < 1.29 is 49.2 Å². The molecule has 0 aromatic heterocycles. The van der Waals surface area contributed by atoms with E-state index in [2.05, 4.69) is 40.5 Å². The molecule has 1 fully saturated rings. The zero-order valence-corrected chi connectivity index (χ0v) is 23.3. The molecule has 4 rings (SSSR count). The van der Waals surface area contributed by atoms with Crippen LogP contribution in [0.15, 0.2) is 42.5 Å². The van der Waals surface area contributed by atoms with Crippen LogP contribution in [0.5, 0.6) is 0 Å². The molecule has 159 valence electrons. The molecule has 2 aliphatic rings. The normalized spacial score (nSPS) is 18.9. The van der Waals surface area contributed by atoms with Crippen molar-refractivity contribution in [3.63, 3.8) is 0 Å². The van der Waals surface area contributed by atoms with E-state index in [1.165, 1.54) is 29.5 Å². The van der Waals surface area contributed by atoms with Gasteiger partial charge in [-0.3, -0.25) is 0 Å². The Kier molecular flexibility index (Phi) is 10.2. The summed E-state index contributed by atoms with van der Waals surface area (Å²) in [5.41, 5.74) is 5.28. The number of nitrogens with zero attached hydrogens (tertiary/aromatic N) is 2. The van der Waals surface area contributed by atoms with E-state index in [1.54, 1.807) is 0 Å². The maximum atomic E-state index is 10.7. The van der Waals surface area contributed by atoms with E-state index >= 15 is 0 Å². The minimum Gasteiger partial charge on any atom is -0.662 e. The van der Waals surface area contributed by atoms with E-state index < -0.39 is 0 Å². The van der Waals surface area contributed by atoms with Crippen LogP contribution in [0.25, 0.3) is 5.32 Å². The number of halogens is 1. The van der Waals surface area contributed by atoms with Gasteiger partial charge in [0.1, 0.15) is 0 Å². The van der Waals surface area contributed by atoms with Crippen molar-refractivity contribution in [3.8, 4) is 0 Å². The van der Waals surface area contributed by atoms with E-state index in [4.69, 9.17) is 11.6 Å². The molecule has 1 radical (unpaired) electrons. The SMILES string of the molecule is OC(CCCN1CCC(c2ccc(Cl)cc2)CC1)c1ccc2c(c1)CC[N-]CC2.[Ac]. The predicted octanol–water partition coefficient (Wildman–Crippen LogP) is 5.51. The van der Waals surface area contributed by atoms with Crippen LogP contribution in [-0.4, -0.2) is 42.7 Å². The van der Waals surface area contributed by atoms with Gasteiger partial charge in [-0.15, -0.1) is 13.1 Å². The molecule has 1 saturated heterocycles. The zero-order chi connectivity index (χ0) is 20.1. The van der Waals surface area contributed by atoms with Crippen molar-refractivity contribution in [3.05, 3.63) is 75.1 Å². The van der Waals surface area contributed by atoms with Crippen LogP contribution in [0.1, 0.15) is 60.0 Å². The van der Waals surface area contributed by atoms with Gasteiger partial charge in [0.05, 0.1) is 6.10 Å². The molecule has 0 spiro atoms. The smallest absolute Gasteiger partial charge is 0.0790 e. The number of rotatable bonds is 6. The Balaban J connectivity index is 0.00000256. The van der Waals surface area contributed by atoms with Crippen LogP contribution in [0.2, 0.25) is 5.02 Å². The second kappa shape index (κ2) is 12.3. The number of aliphatic hydroxyl groups is 1. The van der Waals surface area contributed by atoms with E-state index in [9.17, 15) is 5.11 Å². The summed E-state index contributed by atoms with van der Waals surface area (Å²) >= 11 is 6.01. The standard InChI is InChI=1S/C25H32ClN2O.Ac/c26-24-7-5-19(6-8-24)21-11-16-28(17-12-21)15-1-2-25(29)23-4-3-20-9-13-27-14-10-22(20)18-23;/h3-8,18,21,25,29H,1-2,9-17H2;/q-1;.